The molecule has 0 unspecified atom stereocenters. The van der Waals surface area contributed by atoms with Gasteiger partial charge in [-0.2, -0.15) is 0 Å². The topological polar surface area (TPSA) is 49.8 Å². The van der Waals surface area contributed by atoms with Crippen LogP contribution in [0, 0.1) is 0 Å². The van der Waals surface area contributed by atoms with E-state index in [1.165, 1.54) is 0 Å². The maximum absolute atomic E-state index is 11.7. The van der Waals surface area contributed by atoms with E-state index in [9.17, 15) is 9.90 Å². The summed E-state index contributed by atoms with van der Waals surface area (Å²) in [5.74, 6) is 0. The van der Waals surface area contributed by atoms with Gasteiger partial charge in [-0.15, -0.1) is 0 Å². The molecule has 2 rings (SSSR count). The molecule has 5 heteroatoms. The van der Waals surface area contributed by atoms with Crippen LogP contribution in [-0.4, -0.2) is 44.8 Å². The molecular weight excluding hydrogens is 321 g/mol. The average Bonchev–Trinajstić information content (AvgIpc) is 2.64. The van der Waals surface area contributed by atoms with Crippen LogP contribution >= 0.6 is 22.6 Å². The highest BCUT2D eigenvalue weighted by Crippen LogP contribution is 2.34. The van der Waals surface area contributed by atoms with E-state index in [4.69, 9.17) is 4.74 Å². The van der Waals surface area contributed by atoms with Crippen molar-refractivity contribution in [2.45, 2.75) is 54.8 Å². The van der Waals surface area contributed by atoms with E-state index in [-0.39, 0.29) is 28.3 Å². The van der Waals surface area contributed by atoms with Gasteiger partial charge in [-0.25, -0.2) is 4.79 Å². The van der Waals surface area contributed by atoms with Crippen molar-refractivity contribution in [3.8, 4) is 0 Å². The van der Waals surface area contributed by atoms with Crippen molar-refractivity contribution >= 4 is 28.7 Å². The SMILES string of the molecule is CCCC[C@H]1OC(=O)N2CC[C@@H](O)[C@H]2[C@@H]1I. The Bertz CT molecular complexity index is 274. The van der Waals surface area contributed by atoms with Crippen LogP contribution in [0.4, 0.5) is 4.79 Å². The molecule has 0 bridgehead atoms. The molecule has 0 radical (unpaired) electrons. The number of ether oxygens (including phenoxy) is 1. The largest absolute Gasteiger partial charge is 0.445 e. The van der Waals surface area contributed by atoms with Gasteiger partial charge in [0.05, 0.1) is 16.1 Å². The summed E-state index contributed by atoms with van der Waals surface area (Å²) in [6.07, 6.45) is 3.12. The fourth-order valence-electron chi connectivity index (χ4n) is 2.50. The van der Waals surface area contributed by atoms with Gasteiger partial charge in [0.25, 0.3) is 0 Å². The number of rotatable bonds is 3. The number of hydrogen-bond donors (Lipinski definition) is 1. The van der Waals surface area contributed by atoms with Gasteiger partial charge in [-0.3, -0.25) is 0 Å². The van der Waals surface area contributed by atoms with Gasteiger partial charge < -0.3 is 14.7 Å². The van der Waals surface area contributed by atoms with Crippen molar-refractivity contribution in [1.29, 1.82) is 0 Å². The molecule has 4 atom stereocenters. The lowest BCUT2D eigenvalue weighted by Gasteiger charge is -2.39. The van der Waals surface area contributed by atoms with E-state index >= 15 is 0 Å². The van der Waals surface area contributed by atoms with Crippen LogP contribution in [0.5, 0.6) is 0 Å². The second kappa shape index (κ2) is 5.08. The summed E-state index contributed by atoms with van der Waals surface area (Å²) in [6, 6.07) is -0.0382. The Morgan fingerprint density at radius 3 is 3.06 bits per heavy atom. The Hall–Kier alpha value is -0.0400. The first-order valence-electron chi connectivity index (χ1n) is 5.94. The molecule has 2 fully saturated rings. The molecule has 2 aliphatic rings. The van der Waals surface area contributed by atoms with Crippen LogP contribution in [0.25, 0.3) is 0 Å². The molecule has 4 nitrogen and oxygen atoms in total. The van der Waals surface area contributed by atoms with Gasteiger partial charge >= 0.3 is 6.09 Å². The van der Waals surface area contributed by atoms with Crippen molar-refractivity contribution < 1.29 is 14.6 Å². The van der Waals surface area contributed by atoms with Crippen LogP contribution < -0.4 is 0 Å². The number of cyclic esters (lactones) is 1. The Labute approximate surface area is 109 Å². The molecular formula is C11H18INO3. The van der Waals surface area contributed by atoms with Crippen LogP contribution in [0.2, 0.25) is 0 Å². The number of amides is 1. The molecule has 0 aromatic heterocycles. The molecule has 2 saturated heterocycles. The zero-order valence-electron chi connectivity index (χ0n) is 9.43. The summed E-state index contributed by atoms with van der Waals surface area (Å²) < 4.78 is 5.64. The second-order valence-corrected chi connectivity index (χ2v) is 5.99. The van der Waals surface area contributed by atoms with E-state index in [1.807, 2.05) is 0 Å². The normalized spacial score (nSPS) is 38.4. The first kappa shape index (κ1) is 12.4. The Morgan fingerprint density at radius 2 is 2.38 bits per heavy atom. The van der Waals surface area contributed by atoms with Gasteiger partial charge in [0.15, 0.2) is 0 Å². The van der Waals surface area contributed by atoms with Crippen molar-refractivity contribution in [3.05, 3.63) is 0 Å². The predicted molar refractivity (Wildman–Crippen MR) is 68.7 cm³/mol. The van der Waals surface area contributed by atoms with Crippen LogP contribution in [0.15, 0.2) is 0 Å². The monoisotopic (exact) mass is 339 g/mol. The molecule has 0 aliphatic carbocycles. The van der Waals surface area contributed by atoms with Gasteiger partial charge in [0.1, 0.15) is 6.10 Å². The third-order valence-corrected chi connectivity index (χ3v) is 4.97. The zero-order chi connectivity index (χ0) is 11.7. The van der Waals surface area contributed by atoms with E-state index in [1.54, 1.807) is 4.90 Å². The van der Waals surface area contributed by atoms with Gasteiger partial charge in [0, 0.05) is 6.54 Å². The van der Waals surface area contributed by atoms with Gasteiger partial charge in [-0.1, -0.05) is 42.4 Å². The Kier molecular flexibility index (Phi) is 3.94. The fourth-order valence-corrected chi connectivity index (χ4v) is 3.88. The maximum atomic E-state index is 11.7. The summed E-state index contributed by atoms with van der Waals surface area (Å²) in [5.41, 5.74) is 0. The van der Waals surface area contributed by atoms with E-state index < -0.39 is 0 Å². The molecule has 92 valence electrons. The maximum Gasteiger partial charge on any atom is 0.410 e. The fraction of sp³-hybridized carbons (Fsp3) is 0.909. The van der Waals surface area contributed by atoms with Crippen LogP contribution in [-0.2, 0) is 4.74 Å². The van der Waals surface area contributed by atoms with Crippen molar-refractivity contribution in [3.63, 3.8) is 0 Å². The number of aliphatic hydroxyl groups is 1. The quantitative estimate of drug-likeness (QED) is 0.632. The van der Waals surface area contributed by atoms with Crippen LogP contribution in [0.1, 0.15) is 32.6 Å². The molecule has 2 aliphatic heterocycles. The third kappa shape index (κ3) is 2.16. The summed E-state index contributed by atoms with van der Waals surface area (Å²) in [7, 11) is 0. The van der Waals surface area contributed by atoms with Crippen molar-refractivity contribution in [2.24, 2.45) is 0 Å². The highest BCUT2D eigenvalue weighted by Gasteiger charge is 2.48. The molecule has 0 spiro atoms. The van der Waals surface area contributed by atoms with E-state index in [0.717, 1.165) is 19.3 Å². The number of nitrogens with zero attached hydrogens (tertiary/aromatic N) is 1. The number of unbranched alkanes of at least 4 members (excludes halogenated alkanes) is 1. The highest BCUT2D eigenvalue weighted by molar-refractivity contribution is 14.1. The number of aliphatic hydroxyl groups excluding tert-OH is 1. The molecule has 1 N–H and O–H groups in total. The number of hydrogen-bond acceptors (Lipinski definition) is 3. The number of fused-ring (bicyclic) bond motifs is 1. The molecule has 0 aromatic rings. The summed E-state index contributed by atoms with van der Waals surface area (Å²) >= 11 is 2.32. The summed E-state index contributed by atoms with van der Waals surface area (Å²) in [6.45, 7) is 2.76. The lowest BCUT2D eigenvalue weighted by Crippen LogP contribution is -2.55. The predicted octanol–water partition coefficient (Wildman–Crippen LogP) is 1.93. The van der Waals surface area contributed by atoms with Crippen molar-refractivity contribution in [1.82, 2.24) is 4.90 Å². The zero-order valence-corrected chi connectivity index (χ0v) is 11.6. The third-order valence-electron chi connectivity index (χ3n) is 3.43. The number of halogens is 1. The molecule has 1 amide bonds. The minimum absolute atomic E-state index is 0.0259. The van der Waals surface area contributed by atoms with E-state index in [0.29, 0.717) is 13.0 Å². The number of carbonyl (C=O) groups excluding carboxylic acids is 1. The minimum Gasteiger partial charge on any atom is -0.445 e. The van der Waals surface area contributed by atoms with Gasteiger partial charge in [-0.05, 0) is 12.8 Å². The lowest BCUT2D eigenvalue weighted by atomic mass is 9.99. The first-order valence-corrected chi connectivity index (χ1v) is 7.19. The highest BCUT2D eigenvalue weighted by atomic mass is 127. The van der Waals surface area contributed by atoms with Crippen molar-refractivity contribution in [2.75, 3.05) is 6.54 Å². The molecule has 2 heterocycles. The minimum atomic E-state index is -0.376. The van der Waals surface area contributed by atoms with E-state index in [2.05, 4.69) is 29.5 Å². The number of alkyl halides is 1. The Balaban J connectivity index is 2.06. The lowest BCUT2D eigenvalue weighted by molar-refractivity contribution is -0.00411. The smallest absolute Gasteiger partial charge is 0.410 e. The van der Waals surface area contributed by atoms with Gasteiger partial charge in [0.2, 0.25) is 0 Å². The Morgan fingerprint density at radius 1 is 1.62 bits per heavy atom. The molecule has 0 aromatic carbocycles. The summed E-state index contributed by atoms with van der Waals surface area (Å²) in [5, 5.41) is 9.90. The second-order valence-electron chi connectivity index (χ2n) is 4.55. The first-order chi connectivity index (χ1) is 7.65. The molecule has 0 saturated carbocycles. The average molecular weight is 339 g/mol. The number of carbonyl (C=O) groups is 1. The van der Waals surface area contributed by atoms with Crippen LogP contribution in [0.3, 0.4) is 0 Å². The molecule has 16 heavy (non-hydrogen) atoms. The summed E-state index contributed by atoms with van der Waals surface area (Å²) in [4.78, 5) is 13.4. The standard InChI is InChI=1S/C11H18INO3/c1-2-3-4-8-9(12)10-7(14)5-6-13(10)11(15)16-8/h7-10,14H,2-6H2,1H3/t7-,8-,9-,10+/m1/s1.